The van der Waals surface area contributed by atoms with Crippen LogP contribution < -0.4 is 0 Å². The molecule has 0 radical (unpaired) electrons. The summed E-state index contributed by atoms with van der Waals surface area (Å²) in [5, 5.41) is 0. The molecule has 0 saturated carbocycles. The Kier molecular flexibility index (Phi) is 42.9. The topological polar surface area (TPSA) is 126 Å². The third-order valence-electron chi connectivity index (χ3n) is 0. The Morgan fingerprint density at radius 2 is 0.556 bits per heavy atom. The maximum atomic E-state index is 9.88. The van der Waals surface area contributed by atoms with Crippen LogP contribution in [0.5, 0.6) is 0 Å². The molecule has 0 aromatic heterocycles. The third kappa shape index (κ3) is 4330. The van der Waals surface area contributed by atoms with E-state index in [2.05, 4.69) is 0 Å². The molecule has 8 N–H and O–H groups in total. The van der Waals surface area contributed by atoms with E-state index in [1.807, 2.05) is 0 Å². The van der Waals surface area contributed by atoms with E-state index in [4.69, 9.17) is 0 Å². The van der Waals surface area contributed by atoms with E-state index in [-0.39, 0.29) is 21.9 Å². The first-order valence-corrected chi connectivity index (χ1v) is 3.12. The SMILES string of the molecule is O.O.O.O.[F][Ti]([F])([F])[F]. The average Bonchev–Trinajstić information content (AvgIpc) is 0.722. The Morgan fingerprint density at radius 1 is 0.556 bits per heavy atom. The molecule has 0 aliphatic heterocycles. The molecule has 0 aliphatic rings. The summed E-state index contributed by atoms with van der Waals surface area (Å²) in [7, 11) is 0. The van der Waals surface area contributed by atoms with Gasteiger partial charge in [-0.3, -0.25) is 0 Å². The molecule has 0 aromatic carbocycles. The van der Waals surface area contributed by atoms with Gasteiger partial charge in [0, 0.05) is 0 Å². The van der Waals surface area contributed by atoms with Crippen molar-refractivity contribution in [2.75, 3.05) is 0 Å². The summed E-state index contributed by atoms with van der Waals surface area (Å²) in [4.78, 5) is 0. The molecule has 9 heteroatoms. The molecular formula is H8F4O4Ti. The van der Waals surface area contributed by atoms with Crippen LogP contribution in [-0.2, 0) is 18.7 Å². The number of hydrogen-bond donors (Lipinski definition) is 0. The zero-order valence-corrected chi connectivity index (χ0v) is 5.57. The van der Waals surface area contributed by atoms with Crippen molar-refractivity contribution in [2.45, 2.75) is 0 Å². The molecule has 4 nitrogen and oxygen atoms in total. The molecule has 0 rings (SSSR count). The summed E-state index contributed by atoms with van der Waals surface area (Å²) in [6, 6.07) is 0. The summed E-state index contributed by atoms with van der Waals surface area (Å²) < 4.78 is 39.5. The normalized spacial score (nSPS) is 6.67. The summed E-state index contributed by atoms with van der Waals surface area (Å²) in [6.45, 7) is 0. The predicted molar refractivity (Wildman–Crippen MR) is 18.9 cm³/mol. The van der Waals surface area contributed by atoms with Gasteiger partial charge in [-0.1, -0.05) is 0 Å². The minimum absolute atomic E-state index is 0. The summed E-state index contributed by atoms with van der Waals surface area (Å²) in [5.41, 5.74) is 0. The van der Waals surface area contributed by atoms with Gasteiger partial charge in [-0.25, -0.2) is 0 Å². The molecule has 0 amide bonds. The molecular weight excluding hydrogens is 188 g/mol. The van der Waals surface area contributed by atoms with Crippen molar-refractivity contribution in [3.05, 3.63) is 0 Å². The summed E-state index contributed by atoms with van der Waals surface area (Å²) in [5.74, 6) is 0. The van der Waals surface area contributed by atoms with Crippen molar-refractivity contribution in [3.8, 4) is 0 Å². The standard InChI is InChI=1S/4FH.4H2O.Ti/h4*1H;4*1H2;/q;;;;;;;;+4/p-4. The first kappa shape index (κ1) is 34.8. The monoisotopic (exact) mass is 196 g/mol. The molecule has 0 aromatic rings. The van der Waals surface area contributed by atoms with Crippen LogP contribution in [0.1, 0.15) is 0 Å². The van der Waals surface area contributed by atoms with Crippen LogP contribution in [0.2, 0.25) is 0 Å². The fraction of sp³-hybridized carbons (Fsp3) is 0. The Balaban J connectivity index is -0.0000000133. The molecule has 9 heavy (non-hydrogen) atoms. The quantitative estimate of drug-likeness (QED) is 0.326. The maximum absolute atomic E-state index is 9.88. The number of halogens is 4. The van der Waals surface area contributed by atoms with Gasteiger partial charge in [-0.15, -0.1) is 0 Å². The van der Waals surface area contributed by atoms with E-state index in [1.54, 1.807) is 0 Å². The first-order valence-electron chi connectivity index (χ1n) is 0.756. The Hall–Kier alpha value is 0.274. The predicted octanol–water partition coefficient (Wildman–Crippen LogP) is -1.62. The van der Waals surface area contributed by atoms with E-state index in [0.717, 1.165) is 0 Å². The Morgan fingerprint density at radius 3 is 0.556 bits per heavy atom. The number of hydrogen-bond acceptors (Lipinski definition) is 0. The molecule has 0 bridgehead atoms. The second-order valence-corrected chi connectivity index (χ2v) is 1.77. The van der Waals surface area contributed by atoms with E-state index >= 15 is 0 Å². The van der Waals surface area contributed by atoms with Gasteiger partial charge >= 0.3 is 31.1 Å². The van der Waals surface area contributed by atoms with Crippen molar-refractivity contribution in [1.82, 2.24) is 0 Å². The van der Waals surface area contributed by atoms with Crippen LogP contribution in [0.4, 0.5) is 12.4 Å². The van der Waals surface area contributed by atoms with Crippen molar-refractivity contribution in [3.63, 3.8) is 0 Å². The third-order valence-corrected chi connectivity index (χ3v) is 0. The van der Waals surface area contributed by atoms with Crippen LogP contribution in [0.3, 0.4) is 0 Å². The molecule has 0 atom stereocenters. The fourth-order valence-corrected chi connectivity index (χ4v) is 0. The van der Waals surface area contributed by atoms with Gasteiger partial charge in [0.05, 0.1) is 0 Å². The molecule has 0 unspecified atom stereocenters. The van der Waals surface area contributed by atoms with Crippen LogP contribution in [0, 0.1) is 0 Å². The van der Waals surface area contributed by atoms with Crippen molar-refractivity contribution < 1.29 is 53.0 Å². The number of rotatable bonds is 0. The Labute approximate surface area is 53.8 Å². The zero-order valence-electron chi connectivity index (χ0n) is 4.01. The zero-order chi connectivity index (χ0) is 4.50. The van der Waals surface area contributed by atoms with Crippen LogP contribution >= 0.6 is 0 Å². The van der Waals surface area contributed by atoms with E-state index in [9.17, 15) is 12.4 Å². The average molecular weight is 196 g/mol. The summed E-state index contributed by atoms with van der Waals surface area (Å²) in [6.07, 6.45) is 0. The van der Waals surface area contributed by atoms with Gasteiger partial charge < -0.3 is 21.9 Å². The van der Waals surface area contributed by atoms with Gasteiger partial charge in [-0.05, 0) is 0 Å². The van der Waals surface area contributed by atoms with Crippen molar-refractivity contribution in [2.24, 2.45) is 0 Å². The fourth-order valence-electron chi connectivity index (χ4n) is 0. The molecule has 0 saturated heterocycles. The molecule has 0 fully saturated rings. The van der Waals surface area contributed by atoms with Gasteiger partial charge in [0.1, 0.15) is 0 Å². The molecule has 0 aliphatic carbocycles. The van der Waals surface area contributed by atoms with Gasteiger partial charge in [0.25, 0.3) is 0 Å². The van der Waals surface area contributed by atoms with Crippen molar-refractivity contribution >= 4 is 0 Å². The van der Waals surface area contributed by atoms with Gasteiger partial charge in [0.2, 0.25) is 0 Å². The molecule has 0 spiro atoms. The van der Waals surface area contributed by atoms with Crippen LogP contribution in [-0.4, -0.2) is 21.9 Å². The second kappa shape index (κ2) is 11.1. The summed E-state index contributed by atoms with van der Waals surface area (Å²) >= 11 is -7.00. The Bertz CT molecular complexity index is 28.0. The van der Waals surface area contributed by atoms with E-state index < -0.39 is 18.7 Å². The molecule has 0 heterocycles. The molecule has 64 valence electrons. The first-order chi connectivity index (χ1) is 2.00. The van der Waals surface area contributed by atoms with Crippen molar-refractivity contribution in [1.29, 1.82) is 0 Å². The van der Waals surface area contributed by atoms with Crippen LogP contribution in [0.15, 0.2) is 0 Å². The van der Waals surface area contributed by atoms with Gasteiger partial charge in [0.15, 0.2) is 0 Å². The second-order valence-electron chi connectivity index (χ2n) is 0.429. The minimum atomic E-state index is -7.00. The van der Waals surface area contributed by atoms with E-state index in [1.165, 1.54) is 0 Å². The van der Waals surface area contributed by atoms with Crippen LogP contribution in [0.25, 0.3) is 0 Å². The van der Waals surface area contributed by atoms with Gasteiger partial charge in [-0.2, -0.15) is 0 Å². The van der Waals surface area contributed by atoms with E-state index in [0.29, 0.717) is 0 Å².